The Bertz CT molecular complexity index is 1090. The maximum absolute atomic E-state index is 12.5. The van der Waals surface area contributed by atoms with E-state index in [4.69, 9.17) is 0 Å². The average Bonchev–Trinajstić information content (AvgIpc) is 2.69. The largest absolute Gasteiger partial charge is 0.378 e. The molecule has 2 N–H and O–H groups in total. The predicted molar refractivity (Wildman–Crippen MR) is 105 cm³/mol. The first-order valence-corrected chi connectivity index (χ1v) is 8.68. The number of carbonyl (C=O) groups is 1. The molecule has 2 aromatic carbocycles. The fourth-order valence-corrected chi connectivity index (χ4v) is 2.89. The van der Waals surface area contributed by atoms with Crippen molar-refractivity contribution in [2.24, 2.45) is 0 Å². The zero-order chi connectivity index (χ0) is 20.1. The SMILES string of the molecule is Cc1nn(CC(=O)NCCNc2ccccc2[N+](=O)[O-])c(=O)c2ccccc12. The zero-order valence-corrected chi connectivity index (χ0v) is 15.2. The lowest BCUT2D eigenvalue weighted by Crippen LogP contribution is -2.36. The number of nitrogens with zero attached hydrogens (tertiary/aromatic N) is 3. The number of hydrogen-bond donors (Lipinski definition) is 2. The highest BCUT2D eigenvalue weighted by Gasteiger charge is 2.12. The third-order valence-corrected chi connectivity index (χ3v) is 4.21. The molecule has 0 aliphatic heterocycles. The van der Waals surface area contributed by atoms with Crippen molar-refractivity contribution in [3.63, 3.8) is 0 Å². The van der Waals surface area contributed by atoms with E-state index >= 15 is 0 Å². The molecule has 144 valence electrons. The highest BCUT2D eigenvalue weighted by atomic mass is 16.6. The maximum Gasteiger partial charge on any atom is 0.292 e. The average molecular weight is 381 g/mol. The number of aromatic nitrogens is 2. The normalized spacial score (nSPS) is 10.6. The number of para-hydroxylation sites is 2. The van der Waals surface area contributed by atoms with Gasteiger partial charge in [0.05, 0.1) is 16.0 Å². The lowest BCUT2D eigenvalue weighted by Gasteiger charge is -2.10. The molecule has 1 aromatic heterocycles. The van der Waals surface area contributed by atoms with Crippen LogP contribution in [-0.4, -0.2) is 33.7 Å². The van der Waals surface area contributed by atoms with Crippen molar-refractivity contribution in [1.29, 1.82) is 0 Å². The number of benzene rings is 2. The number of nitro benzene ring substituents is 1. The summed E-state index contributed by atoms with van der Waals surface area (Å²) in [5.74, 6) is -0.367. The molecular formula is C19H19N5O4. The Labute approximate surface area is 160 Å². The quantitative estimate of drug-likeness (QED) is 0.366. The molecule has 0 saturated carbocycles. The van der Waals surface area contributed by atoms with Crippen molar-refractivity contribution >= 4 is 28.1 Å². The minimum absolute atomic E-state index is 0.0313. The van der Waals surface area contributed by atoms with Crippen molar-refractivity contribution in [3.8, 4) is 0 Å². The Hall–Kier alpha value is -3.75. The van der Waals surface area contributed by atoms with Gasteiger partial charge in [-0.05, 0) is 19.1 Å². The van der Waals surface area contributed by atoms with Gasteiger partial charge < -0.3 is 10.6 Å². The fourth-order valence-electron chi connectivity index (χ4n) is 2.89. The maximum atomic E-state index is 12.5. The van der Waals surface area contributed by atoms with E-state index in [1.54, 1.807) is 37.3 Å². The molecule has 0 fully saturated rings. The highest BCUT2D eigenvalue weighted by molar-refractivity contribution is 5.83. The minimum atomic E-state index is -0.471. The summed E-state index contributed by atoms with van der Waals surface area (Å²) in [5, 5.41) is 22.0. The van der Waals surface area contributed by atoms with Crippen molar-refractivity contribution < 1.29 is 9.72 Å². The molecule has 0 aliphatic carbocycles. The van der Waals surface area contributed by atoms with E-state index in [0.29, 0.717) is 23.3 Å². The van der Waals surface area contributed by atoms with Gasteiger partial charge in [-0.25, -0.2) is 4.68 Å². The van der Waals surface area contributed by atoms with E-state index < -0.39 is 4.92 Å². The molecule has 3 aromatic rings. The van der Waals surface area contributed by atoms with Crippen molar-refractivity contribution in [1.82, 2.24) is 15.1 Å². The van der Waals surface area contributed by atoms with Crippen LogP contribution < -0.4 is 16.2 Å². The Morgan fingerprint density at radius 3 is 2.54 bits per heavy atom. The van der Waals surface area contributed by atoms with Crippen molar-refractivity contribution in [2.75, 3.05) is 18.4 Å². The van der Waals surface area contributed by atoms with E-state index in [1.807, 2.05) is 12.1 Å². The molecule has 0 saturated heterocycles. The molecule has 9 nitrogen and oxygen atoms in total. The number of amides is 1. The Morgan fingerprint density at radius 2 is 1.79 bits per heavy atom. The number of anilines is 1. The molecule has 9 heteroatoms. The number of nitrogens with one attached hydrogen (secondary N) is 2. The topological polar surface area (TPSA) is 119 Å². The van der Waals surface area contributed by atoms with Crippen LogP contribution in [0.3, 0.4) is 0 Å². The summed E-state index contributed by atoms with van der Waals surface area (Å²) in [7, 11) is 0. The van der Waals surface area contributed by atoms with E-state index in [0.717, 1.165) is 10.1 Å². The van der Waals surface area contributed by atoms with Gasteiger partial charge in [-0.1, -0.05) is 30.3 Å². The lowest BCUT2D eigenvalue weighted by atomic mass is 10.1. The first-order valence-electron chi connectivity index (χ1n) is 8.68. The second-order valence-electron chi connectivity index (χ2n) is 6.14. The molecule has 28 heavy (non-hydrogen) atoms. The number of hydrogen-bond acceptors (Lipinski definition) is 6. The highest BCUT2D eigenvalue weighted by Crippen LogP contribution is 2.22. The summed E-state index contributed by atoms with van der Waals surface area (Å²) in [6.45, 7) is 2.13. The predicted octanol–water partition coefficient (Wildman–Crippen LogP) is 1.84. The lowest BCUT2D eigenvalue weighted by molar-refractivity contribution is -0.384. The molecule has 0 spiro atoms. The molecule has 0 unspecified atom stereocenters. The van der Waals surface area contributed by atoms with Crippen LogP contribution in [0.25, 0.3) is 10.8 Å². The monoisotopic (exact) mass is 381 g/mol. The molecule has 0 atom stereocenters. The number of fused-ring (bicyclic) bond motifs is 1. The molecule has 1 heterocycles. The van der Waals surface area contributed by atoms with Crippen molar-refractivity contribution in [2.45, 2.75) is 13.5 Å². The van der Waals surface area contributed by atoms with Crippen LogP contribution in [0, 0.1) is 17.0 Å². The van der Waals surface area contributed by atoms with Crippen LogP contribution in [0.15, 0.2) is 53.3 Å². The summed E-state index contributed by atoms with van der Waals surface area (Å²) < 4.78 is 1.14. The molecule has 0 aliphatic rings. The van der Waals surface area contributed by atoms with Gasteiger partial charge >= 0.3 is 0 Å². The summed E-state index contributed by atoms with van der Waals surface area (Å²) >= 11 is 0. The summed E-state index contributed by atoms with van der Waals surface area (Å²) in [5.41, 5.74) is 0.691. The van der Waals surface area contributed by atoms with Gasteiger partial charge in [0.25, 0.3) is 11.2 Å². The first kappa shape index (κ1) is 19.0. The first-order chi connectivity index (χ1) is 13.5. The third kappa shape index (κ3) is 4.14. The second-order valence-corrected chi connectivity index (χ2v) is 6.14. The van der Waals surface area contributed by atoms with Crippen LogP contribution in [0.1, 0.15) is 5.69 Å². The van der Waals surface area contributed by atoms with Crippen molar-refractivity contribution in [3.05, 3.63) is 74.7 Å². The Kier molecular flexibility index (Phi) is 5.64. The van der Waals surface area contributed by atoms with Gasteiger partial charge in [0.2, 0.25) is 5.91 Å². The van der Waals surface area contributed by atoms with Crippen LogP contribution in [0.2, 0.25) is 0 Å². The smallest absolute Gasteiger partial charge is 0.292 e. The van der Waals surface area contributed by atoms with Gasteiger partial charge in [0, 0.05) is 24.5 Å². The molecule has 1 amide bonds. The summed E-state index contributed by atoms with van der Waals surface area (Å²) in [4.78, 5) is 35.1. The molecule has 0 bridgehead atoms. The standard InChI is InChI=1S/C19H19N5O4/c1-13-14-6-2-3-7-15(14)19(26)23(22-13)12-18(25)21-11-10-20-16-8-4-5-9-17(16)24(27)28/h2-9,20H,10-12H2,1H3,(H,21,25). The summed E-state index contributed by atoms with van der Waals surface area (Å²) in [6, 6.07) is 13.4. The van der Waals surface area contributed by atoms with Gasteiger partial charge in [0.15, 0.2) is 0 Å². The zero-order valence-electron chi connectivity index (χ0n) is 15.2. The van der Waals surface area contributed by atoms with Crippen LogP contribution in [0.5, 0.6) is 0 Å². The Morgan fingerprint density at radius 1 is 1.11 bits per heavy atom. The molecule has 0 radical (unpaired) electrons. The van der Waals surface area contributed by atoms with Gasteiger partial charge in [-0.3, -0.25) is 19.7 Å². The van der Waals surface area contributed by atoms with Crippen LogP contribution in [-0.2, 0) is 11.3 Å². The number of aryl methyl sites for hydroxylation is 1. The molecule has 3 rings (SSSR count). The van der Waals surface area contributed by atoms with E-state index in [9.17, 15) is 19.7 Å². The fraction of sp³-hybridized carbons (Fsp3) is 0.211. The second kappa shape index (κ2) is 8.30. The van der Waals surface area contributed by atoms with E-state index in [-0.39, 0.29) is 30.2 Å². The number of rotatable bonds is 7. The van der Waals surface area contributed by atoms with Gasteiger partial charge in [0.1, 0.15) is 12.2 Å². The summed E-state index contributed by atoms with van der Waals surface area (Å²) in [6.07, 6.45) is 0. The van der Waals surface area contributed by atoms with E-state index in [2.05, 4.69) is 15.7 Å². The molecular weight excluding hydrogens is 362 g/mol. The number of carbonyl (C=O) groups excluding carboxylic acids is 1. The third-order valence-electron chi connectivity index (χ3n) is 4.21. The van der Waals surface area contributed by atoms with Gasteiger partial charge in [-0.15, -0.1) is 0 Å². The van der Waals surface area contributed by atoms with E-state index in [1.165, 1.54) is 6.07 Å². The number of nitro groups is 1. The van der Waals surface area contributed by atoms with Crippen LogP contribution >= 0.6 is 0 Å². The van der Waals surface area contributed by atoms with Gasteiger partial charge in [-0.2, -0.15) is 5.10 Å². The minimum Gasteiger partial charge on any atom is -0.378 e. The van der Waals surface area contributed by atoms with Crippen LogP contribution in [0.4, 0.5) is 11.4 Å². The Balaban J connectivity index is 1.59.